The van der Waals surface area contributed by atoms with Crippen molar-refractivity contribution in [3.63, 3.8) is 0 Å². The van der Waals surface area contributed by atoms with Crippen LogP contribution in [-0.2, 0) is 0 Å². The molecule has 1 heterocycles. The summed E-state index contributed by atoms with van der Waals surface area (Å²) in [7, 11) is 0. The summed E-state index contributed by atoms with van der Waals surface area (Å²) in [4.78, 5) is 16.3. The molecule has 4 nitrogen and oxygen atoms in total. The third kappa shape index (κ3) is 3.35. The zero-order valence-corrected chi connectivity index (χ0v) is 11.9. The molecule has 2 aromatic rings. The number of carbonyl (C=O) groups excluding carboxylic acids is 1. The van der Waals surface area contributed by atoms with E-state index in [1.165, 1.54) is 0 Å². The topological polar surface area (TPSA) is 51.2 Å². The van der Waals surface area contributed by atoms with Crippen LogP contribution >= 0.6 is 0 Å². The third-order valence-electron chi connectivity index (χ3n) is 2.89. The SMILES string of the molecule is CCOc1ccc(C(=O)Nc2ccnc(C)c2)cc1C. The van der Waals surface area contributed by atoms with E-state index < -0.39 is 0 Å². The van der Waals surface area contributed by atoms with Gasteiger partial charge in [-0.3, -0.25) is 9.78 Å². The number of amides is 1. The van der Waals surface area contributed by atoms with Crippen LogP contribution in [-0.4, -0.2) is 17.5 Å². The highest BCUT2D eigenvalue weighted by molar-refractivity contribution is 6.04. The summed E-state index contributed by atoms with van der Waals surface area (Å²) in [6.45, 7) is 6.36. The van der Waals surface area contributed by atoms with Gasteiger partial charge in [-0.05, 0) is 56.7 Å². The summed E-state index contributed by atoms with van der Waals surface area (Å²) in [5.74, 6) is 0.672. The van der Waals surface area contributed by atoms with Gasteiger partial charge in [-0.2, -0.15) is 0 Å². The molecular weight excluding hydrogens is 252 g/mol. The molecular formula is C16H18N2O2. The molecule has 0 aliphatic heterocycles. The Morgan fingerprint density at radius 2 is 2.05 bits per heavy atom. The monoisotopic (exact) mass is 270 g/mol. The number of ether oxygens (including phenoxy) is 1. The van der Waals surface area contributed by atoms with Crippen molar-refractivity contribution in [2.24, 2.45) is 0 Å². The largest absolute Gasteiger partial charge is 0.494 e. The van der Waals surface area contributed by atoms with Gasteiger partial charge in [0, 0.05) is 23.1 Å². The molecule has 1 N–H and O–H groups in total. The molecule has 2 rings (SSSR count). The molecule has 0 fully saturated rings. The number of nitrogens with zero attached hydrogens (tertiary/aromatic N) is 1. The molecule has 0 atom stereocenters. The van der Waals surface area contributed by atoms with E-state index in [-0.39, 0.29) is 5.91 Å². The average molecular weight is 270 g/mol. The summed E-state index contributed by atoms with van der Waals surface area (Å²) in [6.07, 6.45) is 1.67. The van der Waals surface area contributed by atoms with E-state index in [0.29, 0.717) is 12.2 Å². The van der Waals surface area contributed by atoms with Gasteiger partial charge in [-0.15, -0.1) is 0 Å². The first kappa shape index (κ1) is 14.1. The van der Waals surface area contributed by atoms with Crippen LogP contribution in [0.3, 0.4) is 0 Å². The fourth-order valence-electron chi connectivity index (χ4n) is 1.93. The Morgan fingerprint density at radius 3 is 2.70 bits per heavy atom. The second kappa shape index (κ2) is 6.19. The standard InChI is InChI=1S/C16H18N2O2/c1-4-20-15-6-5-13(9-11(15)2)16(19)18-14-7-8-17-12(3)10-14/h5-10H,4H2,1-3H3,(H,17,18,19). The molecule has 0 spiro atoms. The van der Waals surface area contributed by atoms with Crippen molar-refractivity contribution in [2.75, 3.05) is 11.9 Å². The van der Waals surface area contributed by atoms with Crippen LogP contribution < -0.4 is 10.1 Å². The first-order chi connectivity index (χ1) is 9.60. The minimum Gasteiger partial charge on any atom is -0.494 e. The van der Waals surface area contributed by atoms with Gasteiger partial charge in [0.15, 0.2) is 0 Å². The zero-order valence-electron chi connectivity index (χ0n) is 11.9. The van der Waals surface area contributed by atoms with E-state index in [2.05, 4.69) is 10.3 Å². The van der Waals surface area contributed by atoms with Crippen LogP contribution in [0.5, 0.6) is 5.75 Å². The van der Waals surface area contributed by atoms with Gasteiger partial charge in [-0.25, -0.2) is 0 Å². The minimum absolute atomic E-state index is 0.137. The van der Waals surface area contributed by atoms with Crippen molar-refractivity contribution in [2.45, 2.75) is 20.8 Å². The van der Waals surface area contributed by atoms with Crippen molar-refractivity contribution in [3.8, 4) is 5.75 Å². The summed E-state index contributed by atoms with van der Waals surface area (Å²) >= 11 is 0. The van der Waals surface area contributed by atoms with Crippen molar-refractivity contribution in [1.29, 1.82) is 0 Å². The Labute approximate surface area is 118 Å². The molecule has 20 heavy (non-hydrogen) atoms. The van der Waals surface area contributed by atoms with Crippen molar-refractivity contribution < 1.29 is 9.53 Å². The molecule has 0 saturated heterocycles. The summed E-state index contributed by atoms with van der Waals surface area (Å²) in [5, 5.41) is 2.86. The Morgan fingerprint density at radius 1 is 1.25 bits per heavy atom. The first-order valence-corrected chi connectivity index (χ1v) is 6.57. The third-order valence-corrected chi connectivity index (χ3v) is 2.89. The number of anilines is 1. The summed E-state index contributed by atoms with van der Waals surface area (Å²) < 4.78 is 5.47. The normalized spacial score (nSPS) is 10.2. The van der Waals surface area contributed by atoms with Gasteiger partial charge < -0.3 is 10.1 Å². The van der Waals surface area contributed by atoms with E-state index in [1.54, 1.807) is 18.3 Å². The van der Waals surface area contributed by atoms with E-state index in [4.69, 9.17) is 4.74 Å². The van der Waals surface area contributed by atoms with Crippen LogP contribution in [0.25, 0.3) is 0 Å². The van der Waals surface area contributed by atoms with Gasteiger partial charge in [0.1, 0.15) is 5.75 Å². The van der Waals surface area contributed by atoms with E-state index in [0.717, 1.165) is 22.7 Å². The highest BCUT2D eigenvalue weighted by atomic mass is 16.5. The van der Waals surface area contributed by atoms with E-state index >= 15 is 0 Å². The molecule has 0 aliphatic rings. The molecule has 1 aromatic carbocycles. The van der Waals surface area contributed by atoms with Gasteiger partial charge in [0.2, 0.25) is 0 Å². The Balaban J connectivity index is 2.15. The van der Waals surface area contributed by atoms with Crippen molar-refractivity contribution in [3.05, 3.63) is 53.3 Å². The van der Waals surface area contributed by atoms with Gasteiger partial charge in [-0.1, -0.05) is 0 Å². The molecule has 1 aromatic heterocycles. The molecule has 104 valence electrons. The number of rotatable bonds is 4. The van der Waals surface area contributed by atoms with Crippen LogP contribution in [0.4, 0.5) is 5.69 Å². The maximum Gasteiger partial charge on any atom is 0.255 e. The highest BCUT2D eigenvalue weighted by Gasteiger charge is 2.08. The lowest BCUT2D eigenvalue weighted by Gasteiger charge is -2.10. The predicted octanol–water partition coefficient (Wildman–Crippen LogP) is 3.35. The Bertz CT molecular complexity index is 624. The van der Waals surface area contributed by atoms with E-state index in [1.807, 2.05) is 39.0 Å². The number of aryl methyl sites for hydroxylation is 2. The van der Waals surface area contributed by atoms with Crippen molar-refractivity contribution >= 4 is 11.6 Å². The molecule has 1 amide bonds. The number of hydrogen-bond acceptors (Lipinski definition) is 3. The second-order valence-electron chi connectivity index (χ2n) is 4.55. The maximum atomic E-state index is 12.2. The second-order valence-corrected chi connectivity index (χ2v) is 4.55. The molecule has 4 heteroatoms. The number of benzene rings is 1. The highest BCUT2D eigenvalue weighted by Crippen LogP contribution is 2.20. The fraction of sp³-hybridized carbons (Fsp3) is 0.250. The van der Waals surface area contributed by atoms with Gasteiger partial charge in [0.25, 0.3) is 5.91 Å². The van der Waals surface area contributed by atoms with E-state index in [9.17, 15) is 4.79 Å². The summed E-state index contributed by atoms with van der Waals surface area (Å²) in [6, 6.07) is 9.02. The van der Waals surface area contributed by atoms with Crippen LogP contribution in [0.1, 0.15) is 28.5 Å². The number of aromatic nitrogens is 1. The average Bonchev–Trinajstić information content (AvgIpc) is 2.41. The number of nitrogens with one attached hydrogen (secondary N) is 1. The molecule has 0 radical (unpaired) electrons. The van der Waals surface area contributed by atoms with Gasteiger partial charge >= 0.3 is 0 Å². The first-order valence-electron chi connectivity index (χ1n) is 6.57. The lowest BCUT2D eigenvalue weighted by atomic mass is 10.1. The summed E-state index contributed by atoms with van der Waals surface area (Å²) in [5.41, 5.74) is 3.17. The Hall–Kier alpha value is -2.36. The van der Waals surface area contributed by atoms with Crippen LogP contribution in [0.15, 0.2) is 36.5 Å². The number of pyridine rings is 1. The number of carbonyl (C=O) groups is 1. The smallest absolute Gasteiger partial charge is 0.255 e. The van der Waals surface area contributed by atoms with Gasteiger partial charge in [0.05, 0.1) is 6.61 Å². The molecule has 0 unspecified atom stereocenters. The lowest BCUT2D eigenvalue weighted by Crippen LogP contribution is -2.12. The fourth-order valence-corrected chi connectivity index (χ4v) is 1.93. The lowest BCUT2D eigenvalue weighted by molar-refractivity contribution is 0.102. The van der Waals surface area contributed by atoms with Crippen LogP contribution in [0.2, 0.25) is 0 Å². The quantitative estimate of drug-likeness (QED) is 0.927. The molecule has 0 bridgehead atoms. The zero-order chi connectivity index (χ0) is 14.5. The Kier molecular flexibility index (Phi) is 4.35. The molecule has 0 saturated carbocycles. The minimum atomic E-state index is -0.137. The maximum absolute atomic E-state index is 12.2. The number of hydrogen-bond donors (Lipinski definition) is 1. The predicted molar refractivity (Wildman–Crippen MR) is 79.3 cm³/mol. The van der Waals surface area contributed by atoms with Crippen molar-refractivity contribution in [1.82, 2.24) is 4.98 Å². The van der Waals surface area contributed by atoms with Crippen LogP contribution in [0, 0.1) is 13.8 Å². The molecule has 0 aliphatic carbocycles.